The van der Waals surface area contributed by atoms with Crippen molar-refractivity contribution in [3.63, 3.8) is 0 Å². The predicted octanol–water partition coefficient (Wildman–Crippen LogP) is 6.62. The van der Waals surface area contributed by atoms with Crippen LogP contribution in [0.15, 0.2) is 66.7 Å². The predicted molar refractivity (Wildman–Crippen MR) is 153 cm³/mol. The Balaban J connectivity index is 1.34. The van der Waals surface area contributed by atoms with Crippen molar-refractivity contribution >= 4 is 22.8 Å². The highest BCUT2D eigenvalue weighted by Crippen LogP contribution is 2.40. The molecule has 5 rings (SSSR count). The molecule has 0 radical (unpaired) electrons. The molecule has 3 aromatic carbocycles. The molecule has 0 aliphatic heterocycles. The van der Waals surface area contributed by atoms with Crippen LogP contribution in [0.3, 0.4) is 0 Å². The number of ether oxygens (including phenoxy) is 2. The highest BCUT2D eigenvalue weighted by molar-refractivity contribution is 5.99. The Morgan fingerprint density at radius 2 is 1.77 bits per heavy atom. The minimum absolute atomic E-state index is 0.0734. The summed E-state index contributed by atoms with van der Waals surface area (Å²) in [5, 5.41) is 4.25. The van der Waals surface area contributed by atoms with E-state index in [1.54, 1.807) is 6.92 Å². The number of aromatic nitrogens is 1. The van der Waals surface area contributed by atoms with Crippen molar-refractivity contribution in [3.8, 4) is 5.75 Å². The molecule has 0 saturated heterocycles. The van der Waals surface area contributed by atoms with Crippen LogP contribution in [0.1, 0.15) is 77.0 Å². The van der Waals surface area contributed by atoms with Gasteiger partial charge in [0.25, 0.3) is 5.91 Å². The largest absolute Gasteiger partial charge is 0.479 e. The van der Waals surface area contributed by atoms with Crippen LogP contribution in [0.2, 0.25) is 0 Å². The SMILES string of the molecule is COC(=O)C(C)Oc1cccc(Cn2c(C)c(C)c3cc(C(=O)NC(C)c4cccc(C5CC5)c4)ccc32)c1. The van der Waals surface area contributed by atoms with E-state index in [9.17, 15) is 9.59 Å². The van der Waals surface area contributed by atoms with Crippen molar-refractivity contribution in [2.45, 2.75) is 65.1 Å². The number of amides is 1. The maximum absolute atomic E-state index is 13.2. The van der Waals surface area contributed by atoms with Crippen LogP contribution in [0, 0.1) is 13.8 Å². The molecule has 202 valence electrons. The zero-order valence-electron chi connectivity index (χ0n) is 23.3. The maximum Gasteiger partial charge on any atom is 0.346 e. The van der Waals surface area contributed by atoms with E-state index in [0.717, 1.165) is 33.3 Å². The number of carbonyl (C=O) groups excluding carboxylic acids is 2. The van der Waals surface area contributed by atoms with Gasteiger partial charge in [0, 0.05) is 28.7 Å². The van der Waals surface area contributed by atoms with Crippen LogP contribution >= 0.6 is 0 Å². The number of hydrogen-bond donors (Lipinski definition) is 1. The van der Waals surface area contributed by atoms with Gasteiger partial charge in [-0.15, -0.1) is 0 Å². The molecule has 1 saturated carbocycles. The third kappa shape index (κ3) is 5.70. The van der Waals surface area contributed by atoms with E-state index in [2.05, 4.69) is 48.0 Å². The highest BCUT2D eigenvalue weighted by Gasteiger charge is 2.24. The minimum Gasteiger partial charge on any atom is -0.479 e. The molecule has 1 N–H and O–H groups in total. The lowest BCUT2D eigenvalue weighted by Gasteiger charge is -2.16. The van der Waals surface area contributed by atoms with Crippen LogP contribution in [-0.4, -0.2) is 29.7 Å². The second-order valence-corrected chi connectivity index (χ2v) is 10.6. The Kier molecular flexibility index (Phi) is 7.47. The molecule has 0 bridgehead atoms. The Hall–Kier alpha value is -4.06. The third-order valence-electron chi connectivity index (χ3n) is 7.79. The fourth-order valence-electron chi connectivity index (χ4n) is 5.17. The summed E-state index contributed by atoms with van der Waals surface area (Å²) in [6, 6.07) is 22.2. The highest BCUT2D eigenvalue weighted by atomic mass is 16.6. The van der Waals surface area contributed by atoms with E-state index in [0.29, 0.717) is 23.8 Å². The number of fused-ring (bicyclic) bond motifs is 1. The number of hydrogen-bond acceptors (Lipinski definition) is 4. The lowest BCUT2D eigenvalue weighted by molar-refractivity contribution is -0.147. The maximum atomic E-state index is 13.2. The van der Waals surface area contributed by atoms with E-state index < -0.39 is 12.1 Å². The molecule has 6 heteroatoms. The molecule has 0 spiro atoms. The molecule has 1 aliphatic rings. The van der Waals surface area contributed by atoms with E-state index in [1.807, 2.05) is 49.4 Å². The van der Waals surface area contributed by atoms with Gasteiger partial charge in [0.15, 0.2) is 6.10 Å². The molecular formula is C33H36N2O4. The van der Waals surface area contributed by atoms with E-state index >= 15 is 0 Å². The molecule has 1 heterocycles. The van der Waals surface area contributed by atoms with Gasteiger partial charge >= 0.3 is 5.97 Å². The van der Waals surface area contributed by atoms with E-state index in [-0.39, 0.29) is 11.9 Å². The first kappa shape index (κ1) is 26.5. The molecule has 6 nitrogen and oxygen atoms in total. The molecule has 1 aliphatic carbocycles. The number of nitrogens with one attached hydrogen (secondary N) is 1. The molecule has 39 heavy (non-hydrogen) atoms. The summed E-state index contributed by atoms with van der Waals surface area (Å²) in [5.41, 5.74) is 7.57. The van der Waals surface area contributed by atoms with Gasteiger partial charge in [-0.25, -0.2) is 4.79 Å². The second kappa shape index (κ2) is 11.0. The average Bonchev–Trinajstić information content (AvgIpc) is 3.77. The summed E-state index contributed by atoms with van der Waals surface area (Å²) < 4.78 is 12.8. The Labute approximate surface area is 229 Å². The van der Waals surface area contributed by atoms with Crippen molar-refractivity contribution in [1.82, 2.24) is 9.88 Å². The van der Waals surface area contributed by atoms with Crippen molar-refractivity contribution in [1.29, 1.82) is 0 Å². The van der Waals surface area contributed by atoms with Crippen LogP contribution in [0.5, 0.6) is 5.75 Å². The van der Waals surface area contributed by atoms with Crippen LogP contribution in [0.4, 0.5) is 0 Å². The number of methoxy groups -OCH3 is 1. The van der Waals surface area contributed by atoms with Crippen molar-refractivity contribution < 1.29 is 19.1 Å². The third-order valence-corrected chi connectivity index (χ3v) is 7.79. The first-order valence-corrected chi connectivity index (χ1v) is 13.6. The number of benzene rings is 3. The molecule has 1 aromatic heterocycles. The topological polar surface area (TPSA) is 69.6 Å². The number of esters is 1. The van der Waals surface area contributed by atoms with E-state index in [4.69, 9.17) is 9.47 Å². The first-order valence-electron chi connectivity index (χ1n) is 13.6. The molecule has 2 unspecified atom stereocenters. The summed E-state index contributed by atoms with van der Waals surface area (Å²) in [4.78, 5) is 25.0. The fraction of sp³-hybridized carbons (Fsp3) is 0.333. The Morgan fingerprint density at radius 3 is 2.51 bits per heavy atom. The van der Waals surface area contributed by atoms with Gasteiger partial charge in [0.2, 0.25) is 0 Å². The van der Waals surface area contributed by atoms with Crippen molar-refractivity contribution in [3.05, 3.63) is 100 Å². The molecule has 1 amide bonds. The van der Waals surface area contributed by atoms with Crippen LogP contribution in [0.25, 0.3) is 10.9 Å². The molecule has 4 aromatic rings. The minimum atomic E-state index is -0.684. The number of rotatable bonds is 9. The quantitative estimate of drug-likeness (QED) is 0.250. The normalized spacial score (nSPS) is 14.6. The lowest BCUT2D eigenvalue weighted by atomic mass is 10.0. The van der Waals surface area contributed by atoms with Gasteiger partial charge in [-0.05, 0) is 99.0 Å². The summed E-state index contributed by atoms with van der Waals surface area (Å²) >= 11 is 0. The van der Waals surface area contributed by atoms with Crippen molar-refractivity contribution in [2.75, 3.05) is 7.11 Å². The van der Waals surface area contributed by atoms with E-state index in [1.165, 1.54) is 25.5 Å². The molecular weight excluding hydrogens is 488 g/mol. The lowest BCUT2D eigenvalue weighted by Crippen LogP contribution is -2.26. The molecule has 1 fully saturated rings. The van der Waals surface area contributed by atoms with Crippen LogP contribution in [-0.2, 0) is 16.1 Å². The molecule has 2 atom stereocenters. The number of carbonyl (C=O) groups is 2. The summed E-state index contributed by atoms with van der Waals surface area (Å²) in [5.74, 6) is 0.816. The van der Waals surface area contributed by atoms with Crippen LogP contribution < -0.4 is 10.1 Å². The first-order chi connectivity index (χ1) is 18.7. The standard InChI is InChI=1S/C33H36N2O4/c1-20-22(3)35(19-24-8-6-11-29(16-24)39-23(4)33(37)38-5)31-15-14-28(18-30(20)31)32(36)34-21(2)26-9-7-10-27(17-26)25-12-13-25/h6-11,14-18,21,23,25H,12-13,19H2,1-5H3,(H,34,36). The fourth-order valence-corrected chi connectivity index (χ4v) is 5.17. The van der Waals surface area contributed by atoms with Gasteiger partial charge < -0.3 is 19.4 Å². The summed E-state index contributed by atoms with van der Waals surface area (Å²) in [7, 11) is 1.35. The number of aryl methyl sites for hydroxylation is 1. The average molecular weight is 525 g/mol. The summed E-state index contributed by atoms with van der Waals surface area (Å²) in [6.45, 7) is 8.55. The van der Waals surface area contributed by atoms with Gasteiger partial charge in [0.05, 0.1) is 13.2 Å². The smallest absolute Gasteiger partial charge is 0.346 e. The van der Waals surface area contributed by atoms with Gasteiger partial charge in [-0.2, -0.15) is 0 Å². The number of nitrogens with zero attached hydrogens (tertiary/aromatic N) is 1. The zero-order valence-corrected chi connectivity index (χ0v) is 23.3. The second-order valence-electron chi connectivity index (χ2n) is 10.6. The monoisotopic (exact) mass is 524 g/mol. The van der Waals surface area contributed by atoms with Crippen molar-refractivity contribution in [2.24, 2.45) is 0 Å². The zero-order chi connectivity index (χ0) is 27.7. The Bertz CT molecular complexity index is 1530. The van der Waals surface area contributed by atoms with Gasteiger partial charge in [0.1, 0.15) is 5.75 Å². The van der Waals surface area contributed by atoms with Gasteiger partial charge in [-0.3, -0.25) is 4.79 Å². The summed E-state index contributed by atoms with van der Waals surface area (Å²) in [6.07, 6.45) is 1.84. The Morgan fingerprint density at radius 1 is 1.00 bits per heavy atom. The van der Waals surface area contributed by atoms with Gasteiger partial charge in [-0.1, -0.05) is 36.4 Å².